The van der Waals surface area contributed by atoms with Crippen molar-refractivity contribution in [3.63, 3.8) is 0 Å². The minimum absolute atomic E-state index is 0. The molecule has 2 aromatic rings. The lowest BCUT2D eigenvalue weighted by Gasteiger charge is -2.21. The molecule has 134 valence electrons. The summed E-state index contributed by atoms with van der Waals surface area (Å²) >= 11 is 0. The Labute approximate surface area is 155 Å². The first kappa shape index (κ1) is 19.4. The van der Waals surface area contributed by atoms with Crippen molar-refractivity contribution in [3.05, 3.63) is 65.7 Å². The minimum Gasteiger partial charge on any atom is -0.372 e. The zero-order chi connectivity index (χ0) is 16.6. The molecule has 1 aliphatic rings. The van der Waals surface area contributed by atoms with E-state index in [4.69, 9.17) is 4.74 Å². The van der Waals surface area contributed by atoms with Crippen LogP contribution in [0.2, 0.25) is 0 Å². The van der Waals surface area contributed by atoms with Crippen LogP contribution in [0.1, 0.15) is 24.0 Å². The molecule has 0 radical (unpaired) electrons. The van der Waals surface area contributed by atoms with Crippen molar-refractivity contribution in [2.24, 2.45) is 5.92 Å². The average Bonchev–Trinajstić information content (AvgIpc) is 2.65. The van der Waals surface area contributed by atoms with Crippen molar-refractivity contribution >= 4 is 24.0 Å². The first-order valence-corrected chi connectivity index (χ1v) is 8.53. The summed E-state index contributed by atoms with van der Waals surface area (Å²) in [4.78, 5) is 12.2. The van der Waals surface area contributed by atoms with Crippen LogP contribution >= 0.6 is 12.4 Å². The number of piperidine rings is 1. The number of rotatable bonds is 6. The fraction of sp³-hybridized carbons (Fsp3) is 0.350. The van der Waals surface area contributed by atoms with Gasteiger partial charge in [0.25, 0.3) is 0 Å². The first-order valence-electron chi connectivity index (χ1n) is 8.53. The van der Waals surface area contributed by atoms with Crippen LogP contribution in [0, 0.1) is 5.92 Å². The maximum Gasteiger partial charge on any atom is 0.228 e. The van der Waals surface area contributed by atoms with Crippen LogP contribution < -0.4 is 10.6 Å². The van der Waals surface area contributed by atoms with E-state index in [0.29, 0.717) is 13.2 Å². The molecule has 0 aliphatic carbocycles. The van der Waals surface area contributed by atoms with Gasteiger partial charge in [-0.1, -0.05) is 42.5 Å². The highest BCUT2D eigenvalue weighted by Crippen LogP contribution is 2.15. The van der Waals surface area contributed by atoms with E-state index >= 15 is 0 Å². The molecule has 25 heavy (non-hydrogen) atoms. The van der Waals surface area contributed by atoms with Gasteiger partial charge in [0.15, 0.2) is 0 Å². The number of benzene rings is 2. The van der Waals surface area contributed by atoms with Crippen LogP contribution in [0.15, 0.2) is 54.6 Å². The van der Waals surface area contributed by atoms with E-state index in [0.717, 1.165) is 37.2 Å². The van der Waals surface area contributed by atoms with E-state index in [2.05, 4.69) is 22.8 Å². The molecule has 1 heterocycles. The van der Waals surface area contributed by atoms with Crippen LogP contribution in [-0.2, 0) is 22.7 Å². The Morgan fingerprint density at radius 1 is 1.04 bits per heavy atom. The third kappa shape index (κ3) is 6.16. The molecule has 3 rings (SSSR count). The Kier molecular flexibility index (Phi) is 7.92. The van der Waals surface area contributed by atoms with E-state index in [9.17, 15) is 4.79 Å². The highest BCUT2D eigenvalue weighted by atomic mass is 35.5. The SMILES string of the molecule is Cl.O=C(Nc1ccc(COCc2ccccc2)cc1)C1CCCNC1. The molecule has 0 aromatic heterocycles. The normalized spacial score (nSPS) is 16.7. The molecule has 2 N–H and O–H groups in total. The minimum atomic E-state index is 0. The number of nitrogens with one attached hydrogen (secondary N) is 2. The number of halogens is 1. The Hall–Kier alpha value is -1.88. The summed E-state index contributed by atoms with van der Waals surface area (Å²) < 4.78 is 5.73. The monoisotopic (exact) mass is 360 g/mol. The second kappa shape index (κ2) is 10.2. The molecule has 5 heteroatoms. The maximum absolute atomic E-state index is 12.2. The van der Waals surface area contributed by atoms with Gasteiger partial charge in [0.2, 0.25) is 5.91 Å². The zero-order valence-electron chi connectivity index (χ0n) is 14.2. The number of ether oxygens (including phenoxy) is 1. The van der Waals surface area contributed by atoms with Crippen LogP contribution in [-0.4, -0.2) is 19.0 Å². The Bertz CT molecular complexity index is 641. The molecule has 1 fully saturated rings. The largest absolute Gasteiger partial charge is 0.372 e. The molecule has 1 unspecified atom stereocenters. The number of amides is 1. The van der Waals surface area contributed by atoms with Gasteiger partial charge in [-0.2, -0.15) is 0 Å². The predicted octanol–water partition coefficient (Wildman–Crippen LogP) is 3.76. The summed E-state index contributed by atoms with van der Waals surface area (Å²) in [7, 11) is 0. The van der Waals surface area contributed by atoms with Gasteiger partial charge >= 0.3 is 0 Å². The molecule has 2 aromatic carbocycles. The number of hydrogen-bond donors (Lipinski definition) is 2. The highest BCUT2D eigenvalue weighted by molar-refractivity contribution is 5.92. The fourth-order valence-electron chi connectivity index (χ4n) is 2.87. The summed E-state index contributed by atoms with van der Waals surface area (Å²) in [6, 6.07) is 18.0. The van der Waals surface area contributed by atoms with Crippen LogP contribution in [0.4, 0.5) is 5.69 Å². The third-order valence-corrected chi connectivity index (χ3v) is 4.27. The van der Waals surface area contributed by atoms with E-state index in [-0.39, 0.29) is 24.2 Å². The smallest absolute Gasteiger partial charge is 0.228 e. The second-order valence-electron chi connectivity index (χ2n) is 6.21. The molecule has 0 saturated carbocycles. The number of carbonyl (C=O) groups excluding carboxylic acids is 1. The zero-order valence-corrected chi connectivity index (χ0v) is 15.1. The lowest BCUT2D eigenvalue weighted by atomic mass is 9.99. The standard InChI is InChI=1S/C20H24N2O2.ClH/c23-20(18-7-4-12-21-13-18)22-19-10-8-17(9-11-19)15-24-14-16-5-2-1-3-6-16;/h1-3,5-6,8-11,18,21H,4,7,12-15H2,(H,22,23);1H. The van der Waals surface area contributed by atoms with Crippen LogP contribution in [0.25, 0.3) is 0 Å². The summed E-state index contributed by atoms with van der Waals surface area (Å²) in [6.45, 7) is 2.96. The van der Waals surface area contributed by atoms with Crippen LogP contribution in [0.3, 0.4) is 0 Å². The molecule has 1 atom stereocenters. The molecule has 4 nitrogen and oxygen atoms in total. The summed E-state index contributed by atoms with van der Waals surface area (Å²) in [5, 5.41) is 6.27. The van der Waals surface area contributed by atoms with Crippen molar-refractivity contribution in [2.75, 3.05) is 18.4 Å². The third-order valence-electron chi connectivity index (χ3n) is 4.27. The molecular weight excluding hydrogens is 336 g/mol. The van der Waals surface area contributed by atoms with Crippen molar-refractivity contribution in [1.29, 1.82) is 0 Å². The highest BCUT2D eigenvalue weighted by Gasteiger charge is 2.20. The summed E-state index contributed by atoms with van der Waals surface area (Å²) in [5.74, 6) is 0.183. The number of anilines is 1. The van der Waals surface area contributed by atoms with Crippen molar-refractivity contribution < 1.29 is 9.53 Å². The van der Waals surface area contributed by atoms with E-state index in [1.54, 1.807) is 0 Å². The second-order valence-corrected chi connectivity index (χ2v) is 6.21. The van der Waals surface area contributed by atoms with Gasteiger partial charge in [-0.05, 0) is 42.6 Å². The van der Waals surface area contributed by atoms with Crippen molar-refractivity contribution in [2.45, 2.75) is 26.1 Å². The molecular formula is C20H25ClN2O2. The Morgan fingerprint density at radius 3 is 2.36 bits per heavy atom. The van der Waals surface area contributed by atoms with E-state index in [1.165, 1.54) is 5.56 Å². The van der Waals surface area contributed by atoms with Gasteiger partial charge in [0, 0.05) is 12.2 Å². The van der Waals surface area contributed by atoms with Gasteiger partial charge in [-0.3, -0.25) is 4.79 Å². The Balaban J connectivity index is 0.00000225. The molecule has 0 bridgehead atoms. The lowest BCUT2D eigenvalue weighted by Crippen LogP contribution is -2.37. The van der Waals surface area contributed by atoms with Crippen molar-refractivity contribution in [1.82, 2.24) is 5.32 Å². The molecule has 1 saturated heterocycles. The summed E-state index contributed by atoms with van der Waals surface area (Å²) in [6.07, 6.45) is 2.03. The first-order chi connectivity index (χ1) is 11.8. The molecule has 1 aliphatic heterocycles. The van der Waals surface area contributed by atoms with E-state index in [1.807, 2.05) is 42.5 Å². The number of hydrogen-bond acceptors (Lipinski definition) is 3. The average molecular weight is 361 g/mol. The summed E-state index contributed by atoms with van der Waals surface area (Å²) in [5.41, 5.74) is 3.11. The number of carbonyl (C=O) groups is 1. The van der Waals surface area contributed by atoms with Gasteiger partial charge in [0.05, 0.1) is 19.1 Å². The topological polar surface area (TPSA) is 50.4 Å². The van der Waals surface area contributed by atoms with Gasteiger partial charge in [-0.15, -0.1) is 12.4 Å². The van der Waals surface area contributed by atoms with Gasteiger partial charge in [-0.25, -0.2) is 0 Å². The van der Waals surface area contributed by atoms with E-state index < -0.39 is 0 Å². The molecule has 0 spiro atoms. The fourth-order valence-corrected chi connectivity index (χ4v) is 2.87. The van der Waals surface area contributed by atoms with Gasteiger partial charge < -0.3 is 15.4 Å². The Morgan fingerprint density at radius 2 is 1.72 bits per heavy atom. The van der Waals surface area contributed by atoms with Gasteiger partial charge in [0.1, 0.15) is 0 Å². The van der Waals surface area contributed by atoms with Crippen molar-refractivity contribution in [3.8, 4) is 0 Å². The lowest BCUT2D eigenvalue weighted by molar-refractivity contribution is -0.120. The van der Waals surface area contributed by atoms with Crippen LogP contribution in [0.5, 0.6) is 0 Å². The maximum atomic E-state index is 12.2. The quantitative estimate of drug-likeness (QED) is 0.824. The predicted molar refractivity (Wildman–Crippen MR) is 103 cm³/mol. The molecule has 1 amide bonds.